The maximum absolute atomic E-state index is 5.48. The molecule has 0 aromatic carbocycles. The first-order valence-electron chi connectivity index (χ1n) is 6.14. The molecule has 0 atom stereocenters. The molecule has 0 unspecified atom stereocenters. The number of hydrogen-bond donors (Lipinski definition) is 0. The quantitative estimate of drug-likeness (QED) is 0.666. The van der Waals surface area contributed by atoms with Gasteiger partial charge in [0.05, 0.1) is 0 Å². The van der Waals surface area contributed by atoms with Gasteiger partial charge in [-0.25, -0.2) is 0 Å². The van der Waals surface area contributed by atoms with Crippen LogP contribution in [-0.2, 0) is 4.74 Å². The van der Waals surface area contributed by atoms with Gasteiger partial charge in [0.25, 0.3) is 0 Å². The molecule has 0 N–H and O–H groups in total. The second kappa shape index (κ2) is 5.16. The van der Waals surface area contributed by atoms with Crippen molar-refractivity contribution in [3.8, 4) is 0 Å². The van der Waals surface area contributed by atoms with E-state index in [1.165, 1.54) is 25.7 Å². The summed E-state index contributed by atoms with van der Waals surface area (Å²) in [6.45, 7) is 11.4. The van der Waals surface area contributed by atoms with Gasteiger partial charge in [0.2, 0.25) is 0 Å². The molecule has 0 amide bonds. The van der Waals surface area contributed by atoms with Crippen molar-refractivity contribution in [2.75, 3.05) is 13.2 Å². The van der Waals surface area contributed by atoms with E-state index >= 15 is 0 Å². The Hall–Kier alpha value is -0.0400. The van der Waals surface area contributed by atoms with Gasteiger partial charge in [0, 0.05) is 13.2 Å². The van der Waals surface area contributed by atoms with E-state index in [1.807, 2.05) is 0 Å². The molecule has 0 spiro atoms. The third kappa shape index (κ3) is 2.98. The van der Waals surface area contributed by atoms with E-state index < -0.39 is 0 Å². The molecule has 84 valence electrons. The third-order valence-electron chi connectivity index (χ3n) is 3.93. The fourth-order valence-corrected chi connectivity index (χ4v) is 2.47. The normalized spacial score (nSPS) is 21.9. The van der Waals surface area contributed by atoms with Crippen LogP contribution in [0, 0.1) is 17.3 Å². The number of ether oxygens (including phenoxy) is 1. The maximum atomic E-state index is 5.48. The van der Waals surface area contributed by atoms with Crippen LogP contribution in [-0.4, -0.2) is 13.2 Å². The number of rotatable bonds is 4. The van der Waals surface area contributed by atoms with E-state index in [0.29, 0.717) is 5.41 Å². The zero-order chi connectivity index (χ0) is 10.6. The van der Waals surface area contributed by atoms with Gasteiger partial charge in [-0.3, -0.25) is 0 Å². The molecule has 0 bridgehead atoms. The lowest BCUT2D eigenvalue weighted by Gasteiger charge is -2.41. The van der Waals surface area contributed by atoms with Crippen molar-refractivity contribution < 1.29 is 4.74 Å². The second-order valence-electron chi connectivity index (χ2n) is 5.56. The highest BCUT2D eigenvalue weighted by molar-refractivity contribution is 4.84. The molecular weight excluding hydrogens is 172 g/mol. The Morgan fingerprint density at radius 1 is 1.07 bits per heavy atom. The van der Waals surface area contributed by atoms with Crippen molar-refractivity contribution in [2.45, 2.75) is 53.4 Å². The van der Waals surface area contributed by atoms with E-state index in [9.17, 15) is 0 Å². The molecule has 1 aliphatic heterocycles. The minimum Gasteiger partial charge on any atom is -0.381 e. The molecule has 0 aliphatic carbocycles. The second-order valence-corrected chi connectivity index (χ2v) is 5.56. The standard InChI is InChI=1S/C13H26O/c1-11(2)5-6-13(12(3)4)7-9-14-10-8-13/h11-12H,5-10H2,1-4H3. The first kappa shape index (κ1) is 12.0. The van der Waals surface area contributed by atoms with Crippen molar-refractivity contribution in [3.05, 3.63) is 0 Å². The van der Waals surface area contributed by atoms with E-state index in [4.69, 9.17) is 4.74 Å². The molecule has 1 nitrogen and oxygen atoms in total. The molecule has 1 rings (SSSR count). The van der Waals surface area contributed by atoms with Crippen molar-refractivity contribution in [3.63, 3.8) is 0 Å². The van der Waals surface area contributed by atoms with Crippen LogP contribution in [0.25, 0.3) is 0 Å². The summed E-state index contributed by atoms with van der Waals surface area (Å²) >= 11 is 0. The molecule has 1 fully saturated rings. The molecule has 1 aliphatic rings. The largest absolute Gasteiger partial charge is 0.381 e. The molecule has 14 heavy (non-hydrogen) atoms. The highest BCUT2D eigenvalue weighted by atomic mass is 16.5. The van der Waals surface area contributed by atoms with Crippen LogP contribution in [0.1, 0.15) is 53.4 Å². The molecule has 0 aromatic heterocycles. The minimum absolute atomic E-state index is 0.586. The lowest BCUT2D eigenvalue weighted by Crippen LogP contribution is -2.34. The summed E-state index contributed by atoms with van der Waals surface area (Å²) in [6.07, 6.45) is 5.32. The summed E-state index contributed by atoms with van der Waals surface area (Å²) in [7, 11) is 0. The van der Waals surface area contributed by atoms with Gasteiger partial charge in [-0.1, -0.05) is 34.1 Å². The molecule has 1 heterocycles. The van der Waals surface area contributed by atoms with Gasteiger partial charge in [-0.15, -0.1) is 0 Å². The zero-order valence-electron chi connectivity index (χ0n) is 10.3. The van der Waals surface area contributed by atoms with Crippen molar-refractivity contribution >= 4 is 0 Å². The van der Waals surface area contributed by atoms with Gasteiger partial charge < -0.3 is 4.74 Å². The van der Waals surface area contributed by atoms with Crippen molar-refractivity contribution in [1.82, 2.24) is 0 Å². The summed E-state index contributed by atoms with van der Waals surface area (Å²) in [6, 6.07) is 0. The Morgan fingerprint density at radius 2 is 1.64 bits per heavy atom. The van der Waals surface area contributed by atoms with Gasteiger partial charge in [0.1, 0.15) is 0 Å². The molecule has 0 saturated carbocycles. The third-order valence-corrected chi connectivity index (χ3v) is 3.93. The van der Waals surface area contributed by atoms with Crippen molar-refractivity contribution in [2.24, 2.45) is 17.3 Å². The maximum Gasteiger partial charge on any atom is 0.0471 e. The first-order valence-corrected chi connectivity index (χ1v) is 6.14. The van der Waals surface area contributed by atoms with Gasteiger partial charge in [0.15, 0.2) is 0 Å². The first-order chi connectivity index (χ1) is 6.57. The average molecular weight is 198 g/mol. The Morgan fingerprint density at radius 3 is 2.07 bits per heavy atom. The van der Waals surface area contributed by atoms with Crippen molar-refractivity contribution in [1.29, 1.82) is 0 Å². The van der Waals surface area contributed by atoms with Crippen LogP contribution >= 0.6 is 0 Å². The molecule has 0 radical (unpaired) electrons. The number of hydrogen-bond acceptors (Lipinski definition) is 1. The summed E-state index contributed by atoms with van der Waals surface area (Å²) in [5.74, 6) is 1.65. The highest BCUT2D eigenvalue weighted by Gasteiger charge is 2.35. The van der Waals surface area contributed by atoms with Gasteiger partial charge in [-0.2, -0.15) is 0 Å². The zero-order valence-corrected chi connectivity index (χ0v) is 10.3. The SMILES string of the molecule is CC(C)CCC1(C(C)C)CCOCC1. The van der Waals surface area contributed by atoms with E-state index in [0.717, 1.165) is 25.0 Å². The van der Waals surface area contributed by atoms with Crippen LogP contribution < -0.4 is 0 Å². The van der Waals surface area contributed by atoms with Gasteiger partial charge in [-0.05, 0) is 36.5 Å². The monoisotopic (exact) mass is 198 g/mol. The fraction of sp³-hybridized carbons (Fsp3) is 1.00. The summed E-state index contributed by atoms with van der Waals surface area (Å²) < 4.78 is 5.48. The lowest BCUT2D eigenvalue weighted by atomic mass is 9.68. The van der Waals surface area contributed by atoms with Crippen LogP contribution in [0.3, 0.4) is 0 Å². The van der Waals surface area contributed by atoms with E-state index in [1.54, 1.807) is 0 Å². The van der Waals surface area contributed by atoms with E-state index in [2.05, 4.69) is 27.7 Å². The molecule has 1 heteroatoms. The minimum atomic E-state index is 0.586. The van der Waals surface area contributed by atoms with Crippen LogP contribution in [0.15, 0.2) is 0 Å². The topological polar surface area (TPSA) is 9.23 Å². The predicted octanol–water partition coefficient (Wildman–Crippen LogP) is 3.88. The summed E-state index contributed by atoms with van der Waals surface area (Å²) in [4.78, 5) is 0. The molecule has 0 aromatic rings. The average Bonchev–Trinajstić information content (AvgIpc) is 2.16. The Labute approximate surface area is 89.2 Å². The fourth-order valence-electron chi connectivity index (χ4n) is 2.47. The predicted molar refractivity (Wildman–Crippen MR) is 61.4 cm³/mol. The van der Waals surface area contributed by atoms with Crippen LogP contribution in [0.4, 0.5) is 0 Å². The molecule has 1 saturated heterocycles. The van der Waals surface area contributed by atoms with Crippen LogP contribution in [0.5, 0.6) is 0 Å². The smallest absolute Gasteiger partial charge is 0.0471 e. The van der Waals surface area contributed by atoms with Crippen LogP contribution in [0.2, 0.25) is 0 Å². The summed E-state index contributed by atoms with van der Waals surface area (Å²) in [5, 5.41) is 0. The Kier molecular flexibility index (Phi) is 4.43. The van der Waals surface area contributed by atoms with E-state index in [-0.39, 0.29) is 0 Å². The lowest BCUT2D eigenvalue weighted by molar-refractivity contribution is -0.0180. The molecular formula is C13H26O. The Bertz CT molecular complexity index is 155. The summed E-state index contributed by atoms with van der Waals surface area (Å²) in [5.41, 5.74) is 0.586. The van der Waals surface area contributed by atoms with Gasteiger partial charge >= 0.3 is 0 Å². The highest BCUT2D eigenvalue weighted by Crippen LogP contribution is 2.42. The Balaban J connectivity index is 2.52.